The lowest BCUT2D eigenvalue weighted by Gasteiger charge is -1.94. The van der Waals surface area contributed by atoms with Crippen molar-refractivity contribution in [2.45, 2.75) is 20.8 Å². The minimum atomic E-state index is 0.0622. The lowest BCUT2D eigenvalue weighted by atomic mass is 10.1. The second kappa shape index (κ2) is 5.91. The first-order valence-corrected chi connectivity index (χ1v) is 5.52. The molecule has 0 spiro atoms. The van der Waals surface area contributed by atoms with Gasteiger partial charge >= 0.3 is 0 Å². The van der Waals surface area contributed by atoms with E-state index < -0.39 is 0 Å². The van der Waals surface area contributed by atoms with Crippen LogP contribution in [0.1, 0.15) is 31.3 Å². The van der Waals surface area contributed by atoms with Crippen molar-refractivity contribution >= 4 is 5.78 Å². The first kappa shape index (κ1) is 12.2. The molecule has 0 saturated carbocycles. The maximum Gasteiger partial charge on any atom is 0.175 e. The largest absolute Gasteiger partial charge is 0.358 e. The average Bonchev–Trinajstić information content (AvgIpc) is 2.82. The van der Waals surface area contributed by atoms with Gasteiger partial charge in [0.2, 0.25) is 0 Å². The first-order valence-electron chi connectivity index (χ1n) is 5.52. The van der Waals surface area contributed by atoms with E-state index in [1.165, 1.54) is 0 Å². The maximum atomic E-state index is 11.1. The van der Waals surface area contributed by atoms with E-state index in [1.54, 1.807) is 6.92 Å². The van der Waals surface area contributed by atoms with E-state index in [0.29, 0.717) is 5.69 Å². The molecule has 2 rings (SSSR count). The highest BCUT2D eigenvalue weighted by Crippen LogP contribution is 2.19. The number of ketones is 1. The highest BCUT2D eigenvalue weighted by atomic mass is 16.1. The number of hydrogen-bond donors (Lipinski definition) is 1. The zero-order valence-electron chi connectivity index (χ0n) is 9.95. The molecule has 0 radical (unpaired) electrons. The Morgan fingerprint density at radius 2 is 1.69 bits per heavy atom. The number of aromatic nitrogens is 1. The van der Waals surface area contributed by atoms with Crippen LogP contribution in [0.4, 0.5) is 0 Å². The summed E-state index contributed by atoms with van der Waals surface area (Å²) in [5.41, 5.74) is 2.83. The van der Waals surface area contributed by atoms with E-state index in [1.807, 2.05) is 56.4 Å². The van der Waals surface area contributed by atoms with Crippen molar-refractivity contribution in [2.24, 2.45) is 0 Å². The summed E-state index contributed by atoms with van der Waals surface area (Å²) in [7, 11) is 0. The molecule has 0 fully saturated rings. The molecule has 0 aliphatic heterocycles. The van der Waals surface area contributed by atoms with E-state index >= 15 is 0 Å². The number of nitrogens with one attached hydrogen (secondary N) is 1. The Hall–Kier alpha value is -1.83. The molecule has 0 amide bonds. The summed E-state index contributed by atoms with van der Waals surface area (Å²) in [6.45, 7) is 5.56. The van der Waals surface area contributed by atoms with Crippen molar-refractivity contribution in [1.29, 1.82) is 0 Å². The molecule has 2 heteroatoms. The predicted octanol–water partition coefficient (Wildman–Crippen LogP) is 3.91. The summed E-state index contributed by atoms with van der Waals surface area (Å²) in [5.74, 6) is 0.0622. The molecular weight excluding hydrogens is 198 g/mol. The molecule has 0 aliphatic carbocycles. The van der Waals surface area contributed by atoms with Gasteiger partial charge < -0.3 is 4.98 Å². The zero-order chi connectivity index (χ0) is 12.0. The SMILES string of the molecule is CC.CC(=O)c1cc(-c2ccccc2)c[nH]1. The minimum Gasteiger partial charge on any atom is -0.358 e. The minimum absolute atomic E-state index is 0.0622. The normalized spacial score (nSPS) is 9.19. The van der Waals surface area contributed by atoms with E-state index in [0.717, 1.165) is 11.1 Å². The summed E-state index contributed by atoms with van der Waals surface area (Å²) in [6.07, 6.45) is 1.85. The Balaban J connectivity index is 0.000000606. The van der Waals surface area contributed by atoms with Crippen LogP contribution in [0.25, 0.3) is 11.1 Å². The third kappa shape index (κ3) is 2.83. The molecular formula is C14H17NO. The number of H-pyrrole nitrogens is 1. The van der Waals surface area contributed by atoms with Crippen molar-refractivity contribution in [3.63, 3.8) is 0 Å². The number of hydrogen-bond acceptors (Lipinski definition) is 1. The Bertz CT molecular complexity index is 443. The second-order valence-corrected chi connectivity index (χ2v) is 3.22. The fourth-order valence-electron chi connectivity index (χ4n) is 1.39. The molecule has 1 N–H and O–H groups in total. The molecule has 2 aromatic rings. The standard InChI is InChI=1S/C12H11NO.C2H6/c1-9(14)12-7-11(8-13-12)10-5-3-2-4-6-10;1-2/h2-8,13H,1H3;1-2H3. The first-order chi connectivity index (χ1) is 7.77. The van der Waals surface area contributed by atoms with Gasteiger partial charge in [0.05, 0.1) is 5.69 Å². The van der Waals surface area contributed by atoms with Crippen LogP contribution in [0.15, 0.2) is 42.6 Å². The van der Waals surface area contributed by atoms with Gasteiger partial charge in [0, 0.05) is 13.1 Å². The van der Waals surface area contributed by atoms with Gasteiger partial charge in [0.15, 0.2) is 5.78 Å². The van der Waals surface area contributed by atoms with Crippen molar-refractivity contribution in [1.82, 2.24) is 4.98 Å². The van der Waals surface area contributed by atoms with Crippen LogP contribution in [0.2, 0.25) is 0 Å². The molecule has 84 valence electrons. The molecule has 16 heavy (non-hydrogen) atoms. The lowest BCUT2D eigenvalue weighted by Crippen LogP contribution is -1.89. The van der Waals surface area contributed by atoms with Crippen LogP contribution < -0.4 is 0 Å². The van der Waals surface area contributed by atoms with Crippen LogP contribution in [-0.4, -0.2) is 10.8 Å². The van der Waals surface area contributed by atoms with Gasteiger partial charge in [-0.2, -0.15) is 0 Å². The maximum absolute atomic E-state index is 11.1. The molecule has 0 atom stereocenters. The number of carbonyl (C=O) groups is 1. The number of benzene rings is 1. The molecule has 1 aromatic heterocycles. The number of Topliss-reactive ketones (excluding diaryl/α,β-unsaturated/α-hetero) is 1. The fraction of sp³-hybridized carbons (Fsp3) is 0.214. The number of aromatic amines is 1. The molecule has 1 aromatic carbocycles. The van der Waals surface area contributed by atoms with Crippen molar-refractivity contribution in [3.05, 3.63) is 48.3 Å². The Labute approximate surface area is 96.3 Å². The third-order valence-corrected chi connectivity index (χ3v) is 2.17. The average molecular weight is 215 g/mol. The third-order valence-electron chi connectivity index (χ3n) is 2.17. The van der Waals surface area contributed by atoms with Gasteiger partial charge in [-0.15, -0.1) is 0 Å². The quantitative estimate of drug-likeness (QED) is 0.757. The lowest BCUT2D eigenvalue weighted by molar-refractivity contribution is 0.101. The Morgan fingerprint density at radius 1 is 1.06 bits per heavy atom. The summed E-state index contributed by atoms with van der Waals surface area (Å²) >= 11 is 0. The van der Waals surface area contributed by atoms with Crippen molar-refractivity contribution in [3.8, 4) is 11.1 Å². The van der Waals surface area contributed by atoms with Crippen molar-refractivity contribution in [2.75, 3.05) is 0 Å². The highest BCUT2D eigenvalue weighted by molar-refractivity contribution is 5.93. The monoisotopic (exact) mass is 215 g/mol. The van der Waals surface area contributed by atoms with Gasteiger partial charge in [0.1, 0.15) is 0 Å². The van der Waals surface area contributed by atoms with E-state index in [2.05, 4.69) is 4.98 Å². The van der Waals surface area contributed by atoms with E-state index in [-0.39, 0.29) is 5.78 Å². The highest BCUT2D eigenvalue weighted by Gasteiger charge is 2.03. The molecule has 0 bridgehead atoms. The summed E-state index contributed by atoms with van der Waals surface area (Å²) in [5, 5.41) is 0. The summed E-state index contributed by atoms with van der Waals surface area (Å²) < 4.78 is 0. The van der Waals surface area contributed by atoms with Crippen LogP contribution >= 0.6 is 0 Å². The molecule has 1 heterocycles. The summed E-state index contributed by atoms with van der Waals surface area (Å²) in [6, 6.07) is 11.9. The van der Waals surface area contributed by atoms with Gasteiger partial charge in [-0.3, -0.25) is 4.79 Å². The fourth-order valence-corrected chi connectivity index (χ4v) is 1.39. The van der Waals surface area contributed by atoms with Gasteiger partial charge in [0.25, 0.3) is 0 Å². The van der Waals surface area contributed by atoms with Crippen LogP contribution in [0, 0.1) is 0 Å². The van der Waals surface area contributed by atoms with Crippen LogP contribution in [-0.2, 0) is 0 Å². The van der Waals surface area contributed by atoms with Crippen molar-refractivity contribution < 1.29 is 4.79 Å². The molecule has 2 nitrogen and oxygen atoms in total. The molecule has 0 aliphatic rings. The Morgan fingerprint density at radius 3 is 2.19 bits per heavy atom. The molecule has 0 saturated heterocycles. The van der Waals surface area contributed by atoms with Crippen LogP contribution in [0.3, 0.4) is 0 Å². The molecule has 0 unspecified atom stereocenters. The topological polar surface area (TPSA) is 32.9 Å². The van der Waals surface area contributed by atoms with Gasteiger partial charge in [-0.25, -0.2) is 0 Å². The Kier molecular flexibility index (Phi) is 4.52. The predicted molar refractivity (Wildman–Crippen MR) is 67.6 cm³/mol. The summed E-state index contributed by atoms with van der Waals surface area (Å²) in [4.78, 5) is 14.0. The second-order valence-electron chi connectivity index (χ2n) is 3.22. The van der Waals surface area contributed by atoms with E-state index in [4.69, 9.17) is 0 Å². The number of carbonyl (C=O) groups excluding carboxylic acids is 1. The smallest absolute Gasteiger partial charge is 0.175 e. The van der Waals surface area contributed by atoms with E-state index in [9.17, 15) is 4.79 Å². The van der Waals surface area contributed by atoms with Crippen LogP contribution in [0.5, 0.6) is 0 Å². The van der Waals surface area contributed by atoms with Gasteiger partial charge in [-0.1, -0.05) is 44.2 Å². The van der Waals surface area contributed by atoms with Gasteiger partial charge in [-0.05, 0) is 17.2 Å². The zero-order valence-corrected chi connectivity index (χ0v) is 9.95. The number of rotatable bonds is 2.